The largest absolute Gasteiger partial charge is 0.378 e. The highest BCUT2D eigenvalue weighted by molar-refractivity contribution is 5.86. The van der Waals surface area contributed by atoms with E-state index in [1.807, 2.05) is 0 Å². The molecule has 2 heterocycles. The number of piperidine rings is 1. The third kappa shape index (κ3) is 3.45. The van der Waals surface area contributed by atoms with Crippen molar-refractivity contribution in [3.63, 3.8) is 0 Å². The minimum atomic E-state index is -0.141. The summed E-state index contributed by atoms with van der Waals surface area (Å²) in [6.45, 7) is 2.19. The smallest absolute Gasteiger partial charge is 0.223 e. The molecule has 5 heteroatoms. The summed E-state index contributed by atoms with van der Waals surface area (Å²) in [7, 11) is 1.79. The predicted octanol–water partition coefficient (Wildman–Crippen LogP) is 0.540. The van der Waals surface area contributed by atoms with E-state index in [0.29, 0.717) is 25.6 Å². The van der Waals surface area contributed by atoms with Crippen molar-refractivity contribution >= 4 is 11.8 Å². The zero-order valence-corrected chi connectivity index (χ0v) is 11.0. The van der Waals surface area contributed by atoms with Crippen LogP contribution >= 0.6 is 0 Å². The average molecular weight is 254 g/mol. The van der Waals surface area contributed by atoms with E-state index in [0.717, 1.165) is 32.3 Å². The van der Waals surface area contributed by atoms with Gasteiger partial charge in [0.25, 0.3) is 0 Å². The van der Waals surface area contributed by atoms with Crippen molar-refractivity contribution in [2.75, 3.05) is 26.7 Å². The van der Waals surface area contributed by atoms with Gasteiger partial charge in [-0.3, -0.25) is 9.59 Å². The van der Waals surface area contributed by atoms with Crippen LogP contribution in [0.2, 0.25) is 0 Å². The molecule has 1 N–H and O–H groups in total. The van der Waals surface area contributed by atoms with Crippen molar-refractivity contribution in [3.05, 3.63) is 0 Å². The van der Waals surface area contributed by atoms with Gasteiger partial charge in [0, 0.05) is 39.1 Å². The van der Waals surface area contributed by atoms with Gasteiger partial charge in [0.1, 0.15) is 0 Å². The first-order valence-electron chi connectivity index (χ1n) is 6.80. The van der Waals surface area contributed by atoms with Gasteiger partial charge < -0.3 is 15.0 Å². The Morgan fingerprint density at radius 3 is 3.00 bits per heavy atom. The third-order valence-electron chi connectivity index (χ3n) is 3.82. The topological polar surface area (TPSA) is 58.6 Å². The highest BCUT2D eigenvalue weighted by Gasteiger charge is 2.28. The summed E-state index contributed by atoms with van der Waals surface area (Å²) in [5.74, 6) is -0.0480. The van der Waals surface area contributed by atoms with Crippen LogP contribution in [-0.2, 0) is 14.3 Å². The number of carbonyl (C=O) groups excluding carboxylic acids is 2. The number of nitrogens with one attached hydrogen (secondary N) is 1. The Morgan fingerprint density at radius 2 is 2.33 bits per heavy atom. The molecule has 2 rings (SSSR count). The summed E-state index contributed by atoms with van der Waals surface area (Å²) in [6.07, 6.45) is 4.54. The Hall–Kier alpha value is -1.10. The average Bonchev–Trinajstić information content (AvgIpc) is 2.85. The van der Waals surface area contributed by atoms with Gasteiger partial charge in [-0.15, -0.1) is 0 Å². The molecule has 0 unspecified atom stereocenters. The summed E-state index contributed by atoms with van der Waals surface area (Å²) in [4.78, 5) is 25.1. The molecule has 0 bridgehead atoms. The van der Waals surface area contributed by atoms with Crippen molar-refractivity contribution in [1.29, 1.82) is 0 Å². The quantitative estimate of drug-likeness (QED) is 0.796. The number of likely N-dealkylation sites (tertiary alicyclic amines) is 1. The third-order valence-corrected chi connectivity index (χ3v) is 3.82. The van der Waals surface area contributed by atoms with Crippen molar-refractivity contribution in [2.45, 2.75) is 38.2 Å². The van der Waals surface area contributed by atoms with Crippen LogP contribution in [0.4, 0.5) is 0 Å². The van der Waals surface area contributed by atoms with Crippen molar-refractivity contribution < 1.29 is 14.3 Å². The molecule has 102 valence electrons. The molecule has 0 aromatic rings. The van der Waals surface area contributed by atoms with Crippen LogP contribution in [-0.4, -0.2) is 49.6 Å². The molecule has 2 saturated heterocycles. The van der Waals surface area contributed by atoms with Crippen LogP contribution in [0.5, 0.6) is 0 Å². The lowest BCUT2D eigenvalue weighted by Gasteiger charge is -2.28. The summed E-state index contributed by atoms with van der Waals surface area (Å²) in [5, 5.41) is 2.92. The van der Waals surface area contributed by atoms with Gasteiger partial charge in [0.2, 0.25) is 11.8 Å². The fourth-order valence-corrected chi connectivity index (χ4v) is 2.54. The zero-order valence-electron chi connectivity index (χ0n) is 11.0. The first kappa shape index (κ1) is 13.3. The van der Waals surface area contributed by atoms with Crippen LogP contribution in [0.25, 0.3) is 0 Å². The molecule has 2 atom stereocenters. The van der Waals surface area contributed by atoms with E-state index in [1.54, 1.807) is 11.9 Å². The SMILES string of the molecule is CN1CC[C@H](C(=O)NCC[C@H]2CCCO2)CC1=O. The van der Waals surface area contributed by atoms with Gasteiger partial charge in [-0.2, -0.15) is 0 Å². The van der Waals surface area contributed by atoms with Gasteiger partial charge >= 0.3 is 0 Å². The fraction of sp³-hybridized carbons (Fsp3) is 0.846. The van der Waals surface area contributed by atoms with Crippen LogP contribution < -0.4 is 5.32 Å². The maximum absolute atomic E-state index is 11.9. The molecular formula is C13H22N2O3. The van der Waals surface area contributed by atoms with Crippen LogP contribution in [0, 0.1) is 5.92 Å². The van der Waals surface area contributed by atoms with Gasteiger partial charge in [-0.05, 0) is 25.7 Å². The van der Waals surface area contributed by atoms with Crippen molar-refractivity contribution in [2.24, 2.45) is 5.92 Å². The number of ether oxygens (including phenoxy) is 1. The number of rotatable bonds is 4. The predicted molar refractivity (Wildman–Crippen MR) is 67.0 cm³/mol. The summed E-state index contributed by atoms with van der Waals surface area (Å²) in [6, 6.07) is 0. The first-order valence-corrected chi connectivity index (χ1v) is 6.80. The number of hydrogen-bond acceptors (Lipinski definition) is 3. The maximum Gasteiger partial charge on any atom is 0.223 e. The number of carbonyl (C=O) groups is 2. The van der Waals surface area contributed by atoms with E-state index in [-0.39, 0.29) is 17.7 Å². The zero-order chi connectivity index (χ0) is 13.0. The Bertz CT molecular complexity index is 313. The Morgan fingerprint density at radius 1 is 1.50 bits per heavy atom. The molecule has 2 aliphatic heterocycles. The Kier molecular flexibility index (Phi) is 4.58. The standard InChI is InChI=1S/C13H22N2O3/c1-15-7-5-10(9-12(15)16)13(17)14-6-4-11-3-2-8-18-11/h10-11H,2-9H2,1H3,(H,14,17)/t10-,11+/m0/s1. The highest BCUT2D eigenvalue weighted by Crippen LogP contribution is 2.18. The monoisotopic (exact) mass is 254 g/mol. The van der Waals surface area contributed by atoms with Crippen molar-refractivity contribution in [1.82, 2.24) is 10.2 Å². The minimum absolute atomic E-state index is 0.0226. The molecule has 2 aliphatic rings. The number of hydrogen-bond donors (Lipinski definition) is 1. The van der Waals surface area contributed by atoms with Gasteiger partial charge in [0.05, 0.1) is 6.10 Å². The van der Waals surface area contributed by atoms with E-state index >= 15 is 0 Å². The molecule has 0 aromatic carbocycles. The van der Waals surface area contributed by atoms with Gasteiger partial charge in [-0.1, -0.05) is 0 Å². The first-order chi connectivity index (χ1) is 8.66. The molecular weight excluding hydrogens is 232 g/mol. The van der Waals surface area contributed by atoms with Crippen molar-refractivity contribution in [3.8, 4) is 0 Å². The minimum Gasteiger partial charge on any atom is -0.378 e. The summed E-state index contributed by atoms with van der Waals surface area (Å²) >= 11 is 0. The van der Waals surface area contributed by atoms with E-state index < -0.39 is 0 Å². The molecule has 2 fully saturated rings. The van der Waals surface area contributed by atoms with Crippen LogP contribution in [0.1, 0.15) is 32.1 Å². The van der Waals surface area contributed by atoms with Crippen LogP contribution in [0.3, 0.4) is 0 Å². The molecule has 0 aromatic heterocycles. The second-order valence-electron chi connectivity index (χ2n) is 5.22. The molecule has 5 nitrogen and oxygen atoms in total. The maximum atomic E-state index is 11.9. The fourth-order valence-electron chi connectivity index (χ4n) is 2.54. The second kappa shape index (κ2) is 6.18. The van der Waals surface area contributed by atoms with Gasteiger partial charge in [0.15, 0.2) is 0 Å². The van der Waals surface area contributed by atoms with E-state index in [9.17, 15) is 9.59 Å². The molecule has 2 amide bonds. The molecule has 0 saturated carbocycles. The normalized spacial score (nSPS) is 28.5. The van der Waals surface area contributed by atoms with E-state index in [4.69, 9.17) is 4.74 Å². The van der Waals surface area contributed by atoms with Crippen LogP contribution in [0.15, 0.2) is 0 Å². The summed E-state index contributed by atoms with van der Waals surface area (Å²) < 4.78 is 5.50. The van der Waals surface area contributed by atoms with Gasteiger partial charge in [-0.25, -0.2) is 0 Å². The second-order valence-corrected chi connectivity index (χ2v) is 5.22. The molecule has 0 aliphatic carbocycles. The summed E-state index contributed by atoms with van der Waals surface area (Å²) in [5.41, 5.74) is 0. The lowest BCUT2D eigenvalue weighted by Crippen LogP contribution is -2.42. The molecule has 0 spiro atoms. The number of nitrogens with zero attached hydrogens (tertiary/aromatic N) is 1. The Labute approximate surface area is 108 Å². The van der Waals surface area contributed by atoms with E-state index in [1.165, 1.54) is 0 Å². The number of amides is 2. The molecule has 0 radical (unpaired) electrons. The van der Waals surface area contributed by atoms with E-state index in [2.05, 4.69) is 5.32 Å². The Balaban J connectivity index is 1.66. The highest BCUT2D eigenvalue weighted by atomic mass is 16.5. The molecule has 18 heavy (non-hydrogen) atoms. The lowest BCUT2D eigenvalue weighted by atomic mass is 9.95. The lowest BCUT2D eigenvalue weighted by molar-refractivity contribution is -0.139.